The molecule has 1 amide bonds. The molecule has 0 aliphatic heterocycles. The summed E-state index contributed by atoms with van der Waals surface area (Å²) >= 11 is 0. The van der Waals surface area contributed by atoms with E-state index in [4.69, 9.17) is 0 Å². The van der Waals surface area contributed by atoms with Gasteiger partial charge in [-0.25, -0.2) is 0 Å². The fourth-order valence-electron chi connectivity index (χ4n) is 2.92. The average Bonchev–Trinajstić information content (AvgIpc) is 2.60. The van der Waals surface area contributed by atoms with Crippen LogP contribution in [0.15, 0.2) is 48.8 Å². The highest BCUT2D eigenvalue weighted by Gasteiger charge is 2.61. The van der Waals surface area contributed by atoms with Crippen LogP contribution in [0.25, 0.3) is 11.1 Å². The number of nitrogens with zero attached hydrogens (tertiary/aromatic N) is 1. The predicted octanol–water partition coefficient (Wildman–Crippen LogP) is 3.48. The number of alkyl halides is 2. The SMILES string of the molecule is CC(NC(=O)C(F)(F)C1(O)CCC1)c1ccc(-c2ccncc2)cc1. The van der Waals surface area contributed by atoms with E-state index in [0.717, 1.165) is 11.1 Å². The van der Waals surface area contributed by atoms with Gasteiger partial charge in [0.15, 0.2) is 0 Å². The maximum atomic E-state index is 14.1. The van der Waals surface area contributed by atoms with Crippen LogP contribution in [0.2, 0.25) is 0 Å². The van der Waals surface area contributed by atoms with E-state index in [1.165, 1.54) is 0 Å². The Kier molecular flexibility index (Phi) is 4.56. The summed E-state index contributed by atoms with van der Waals surface area (Å²) in [6.07, 6.45) is 3.79. The van der Waals surface area contributed by atoms with E-state index in [9.17, 15) is 18.7 Å². The van der Waals surface area contributed by atoms with Crippen molar-refractivity contribution in [2.75, 3.05) is 0 Å². The smallest absolute Gasteiger partial charge is 0.352 e. The Labute approximate surface area is 144 Å². The zero-order chi connectivity index (χ0) is 18.1. The van der Waals surface area contributed by atoms with Gasteiger partial charge in [0, 0.05) is 12.4 Å². The van der Waals surface area contributed by atoms with Crippen LogP contribution in [0.4, 0.5) is 8.78 Å². The van der Waals surface area contributed by atoms with Gasteiger partial charge in [0.05, 0.1) is 6.04 Å². The van der Waals surface area contributed by atoms with E-state index < -0.39 is 23.5 Å². The van der Waals surface area contributed by atoms with Gasteiger partial charge in [-0.1, -0.05) is 24.3 Å². The molecule has 25 heavy (non-hydrogen) atoms. The first-order chi connectivity index (χ1) is 11.8. The van der Waals surface area contributed by atoms with Crippen molar-refractivity contribution in [2.24, 2.45) is 0 Å². The highest BCUT2D eigenvalue weighted by Crippen LogP contribution is 2.44. The van der Waals surface area contributed by atoms with Crippen molar-refractivity contribution >= 4 is 5.91 Å². The van der Waals surface area contributed by atoms with E-state index in [-0.39, 0.29) is 12.8 Å². The number of nitrogens with one attached hydrogen (secondary N) is 1. The third kappa shape index (κ3) is 3.26. The number of halogens is 2. The molecule has 0 saturated heterocycles. The van der Waals surface area contributed by atoms with Gasteiger partial charge in [0.25, 0.3) is 5.91 Å². The average molecular weight is 346 g/mol. The lowest BCUT2D eigenvalue weighted by Crippen LogP contribution is -2.60. The Hall–Kier alpha value is -2.34. The summed E-state index contributed by atoms with van der Waals surface area (Å²) in [7, 11) is 0. The van der Waals surface area contributed by atoms with Crippen LogP contribution >= 0.6 is 0 Å². The molecule has 3 rings (SSSR count). The number of carbonyl (C=O) groups excluding carboxylic acids is 1. The number of rotatable bonds is 5. The zero-order valence-electron chi connectivity index (χ0n) is 13.9. The van der Waals surface area contributed by atoms with E-state index in [1.54, 1.807) is 31.5 Å². The Morgan fingerprint density at radius 2 is 1.72 bits per heavy atom. The van der Waals surface area contributed by atoms with E-state index in [2.05, 4.69) is 10.3 Å². The highest BCUT2D eigenvalue weighted by atomic mass is 19.3. The van der Waals surface area contributed by atoms with Gasteiger partial charge < -0.3 is 10.4 Å². The molecular weight excluding hydrogens is 326 g/mol. The molecule has 1 saturated carbocycles. The third-order valence-corrected chi connectivity index (χ3v) is 4.82. The predicted molar refractivity (Wildman–Crippen MR) is 90.0 cm³/mol. The summed E-state index contributed by atoms with van der Waals surface area (Å²) in [5.74, 6) is -5.21. The van der Waals surface area contributed by atoms with E-state index in [0.29, 0.717) is 12.0 Å². The second-order valence-electron chi connectivity index (χ2n) is 6.51. The summed E-state index contributed by atoms with van der Waals surface area (Å²) in [4.78, 5) is 15.9. The standard InChI is InChI=1S/C19H20F2N2O2/c1-13(23-17(24)19(20,21)18(25)9-2-10-18)14-3-5-15(6-4-14)16-7-11-22-12-8-16/h3-8,11-13,25H,2,9-10H2,1H3,(H,23,24). The summed E-state index contributed by atoms with van der Waals surface area (Å²) in [6.45, 7) is 1.64. The van der Waals surface area contributed by atoms with E-state index >= 15 is 0 Å². The molecule has 1 atom stereocenters. The molecule has 132 valence electrons. The van der Waals surface area contributed by atoms with Crippen LogP contribution in [0.5, 0.6) is 0 Å². The molecule has 1 aliphatic rings. The number of hydrogen-bond donors (Lipinski definition) is 2. The minimum Gasteiger partial charge on any atom is -0.383 e. The molecule has 1 aromatic carbocycles. The number of amides is 1. The summed E-state index contributed by atoms with van der Waals surface area (Å²) in [5.41, 5.74) is 0.473. The van der Waals surface area contributed by atoms with Gasteiger partial charge in [-0.2, -0.15) is 8.78 Å². The number of benzene rings is 1. The Morgan fingerprint density at radius 1 is 1.16 bits per heavy atom. The highest BCUT2D eigenvalue weighted by molar-refractivity contribution is 5.85. The lowest BCUT2D eigenvalue weighted by Gasteiger charge is -2.41. The number of aliphatic hydroxyl groups is 1. The molecule has 1 unspecified atom stereocenters. The van der Waals surface area contributed by atoms with Crippen molar-refractivity contribution in [2.45, 2.75) is 43.8 Å². The van der Waals surface area contributed by atoms with Crippen molar-refractivity contribution < 1.29 is 18.7 Å². The van der Waals surface area contributed by atoms with Crippen molar-refractivity contribution in [1.82, 2.24) is 10.3 Å². The van der Waals surface area contributed by atoms with Crippen LogP contribution in [0.1, 0.15) is 37.8 Å². The van der Waals surface area contributed by atoms with Gasteiger partial charge in [0.1, 0.15) is 5.60 Å². The topological polar surface area (TPSA) is 62.2 Å². The molecule has 4 nitrogen and oxygen atoms in total. The first-order valence-corrected chi connectivity index (χ1v) is 8.25. The third-order valence-electron chi connectivity index (χ3n) is 4.82. The second kappa shape index (κ2) is 6.52. The summed E-state index contributed by atoms with van der Waals surface area (Å²) in [6, 6.07) is 10.5. The molecule has 1 aliphatic carbocycles. The first kappa shape index (κ1) is 17.5. The van der Waals surface area contributed by atoms with Crippen molar-refractivity contribution in [3.05, 3.63) is 54.4 Å². The van der Waals surface area contributed by atoms with Crippen LogP contribution in [-0.4, -0.2) is 27.5 Å². The Morgan fingerprint density at radius 3 is 2.24 bits per heavy atom. The Bertz CT molecular complexity index is 744. The van der Waals surface area contributed by atoms with Crippen LogP contribution < -0.4 is 5.32 Å². The maximum absolute atomic E-state index is 14.1. The molecule has 1 heterocycles. The molecule has 0 bridgehead atoms. The number of hydrogen-bond acceptors (Lipinski definition) is 3. The lowest BCUT2D eigenvalue weighted by molar-refractivity contribution is -0.216. The molecule has 1 fully saturated rings. The molecule has 1 aromatic heterocycles. The monoisotopic (exact) mass is 346 g/mol. The van der Waals surface area contributed by atoms with Gasteiger partial charge in [-0.3, -0.25) is 9.78 Å². The van der Waals surface area contributed by atoms with E-state index in [1.807, 2.05) is 24.3 Å². The largest absolute Gasteiger partial charge is 0.383 e. The van der Waals surface area contributed by atoms with Gasteiger partial charge in [-0.15, -0.1) is 0 Å². The molecule has 6 heteroatoms. The fraction of sp³-hybridized carbons (Fsp3) is 0.368. The van der Waals surface area contributed by atoms with Gasteiger partial charge >= 0.3 is 5.92 Å². The summed E-state index contributed by atoms with van der Waals surface area (Å²) in [5, 5.41) is 12.1. The van der Waals surface area contributed by atoms with Crippen LogP contribution in [0.3, 0.4) is 0 Å². The van der Waals surface area contributed by atoms with Crippen LogP contribution in [-0.2, 0) is 4.79 Å². The molecular formula is C19H20F2N2O2. The first-order valence-electron chi connectivity index (χ1n) is 8.25. The maximum Gasteiger partial charge on any atom is 0.352 e. The van der Waals surface area contributed by atoms with Crippen molar-refractivity contribution in [1.29, 1.82) is 0 Å². The zero-order valence-corrected chi connectivity index (χ0v) is 13.9. The van der Waals surface area contributed by atoms with Crippen LogP contribution in [0, 0.1) is 0 Å². The van der Waals surface area contributed by atoms with Gasteiger partial charge in [0.2, 0.25) is 0 Å². The quantitative estimate of drug-likeness (QED) is 0.871. The van der Waals surface area contributed by atoms with Crippen molar-refractivity contribution in [3.8, 4) is 11.1 Å². The molecule has 0 radical (unpaired) electrons. The lowest BCUT2D eigenvalue weighted by atomic mass is 9.75. The molecule has 2 N–H and O–H groups in total. The fourth-order valence-corrected chi connectivity index (χ4v) is 2.92. The normalized spacial score (nSPS) is 17.4. The van der Waals surface area contributed by atoms with Gasteiger partial charge in [-0.05, 0) is 55.0 Å². The minimum atomic E-state index is -3.78. The number of pyridine rings is 1. The number of carbonyl (C=O) groups is 1. The Balaban J connectivity index is 1.69. The van der Waals surface area contributed by atoms with Crippen molar-refractivity contribution in [3.63, 3.8) is 0 Å². The number of aromatic nitrogens is 1. The molecule has 2 aromatic rings. The second-order valence-corrected chi connectivity index (χ2v) is 6.51. The minimum absolute atomic E-state index is 0.0531. The summed E-state index contributed by atoms with van der Waals surface area (Å²) < 4.78 is 28.3. The molecule has 0 spiro atoms.